The van der Waals surface area contributed by atoms with Crippen molar-refractivity contribution in [3.63, 3.8) is 0 Å². The maximum Gasteiger partial charge on any atom is 0.162 e. The van der Waals surface area contributed by atoms with E-state index in [0.29, 0.717) is 12.0 Å². The number of hydrogen-bond donors (Lipinski definition) is 0. The second-order valence-corrected chi connectivity index (χ2v) is 4.54. The molecule has 0 saturated carbocycles. The lowest BCUT2D eigenvalue weighted by Gasteiger charge is -2.13. The Balaban J connectivity index is 2.22. The van der Waals surface area contributed by atoms with Gasteiger partial charge in [-0.05, 0) is 26.2 Å². The normalized spacial score (nSPS) is 25.2. The maximum atomic E-state index is 5.85. The third kappa shape index (κ3) is 2.23. The maximum absolute atomic E-state index is 5.85. The lowest BCUT2D eigenvalue weighted by Crippen LogP contribution is -2.11. The molecule has 2 atom stereocenters. The molecule has 1 aromatic heterocycles. The van der Waals surface area contributed by atoms with Crippen LogP contribution in [-0.4, -0.2) is 20.9 Å². The summed E-state index contributed by atoms with van der Waals surface area (Å²) in [5.41, 5.74) is 0. The van der Waals surface area contributed by atoms with Gasteiger partial charge in [0.1, 0.15) is 11.9 Å². The van der Waals surface area contributed by atoms with Gasteiger partial charge < -0.3 is 9.30 Å². The minimum absolute atomic E-state index is 0.103. The number of ether oxygens (including phenoxy) is 1. The zero-order valence-electron chi connectivity index (χ0n) is 9.82. The lowest BCUT2D eigenvalue weighted by molar-refractivity contribution is 0.0478. The average molecular weight is 244 g/mol. The quantitative estimate of drug-likeness (QED) is 0.764. The van der Waals surface area contributed by atoms with Gasteiger partial charge in [-0.3, -0.25) is 0 Å². The molecule has 0 radical (unpaired) electrons. The molecule has 0 bridgehead atoms. The first-order chi connectivity index (χ1) is 7.76. The van der Waals surface area contributed by atoms with Gasteiger partial charge in [-0.15, -0.1) is 21.8 Å². The van der Waals surface area contributed by atoms with Crippen molar-refractivity contribution in [2.45, 2.75) is 57.7 Å². The van der Waals surface area contributed by atoms with E-state index in [9.17, 15) is 0 Å². The van der Waals surface area contributed by atoms with E-state index in [4.69, 9.17) is 16.3 Å². The topological polar surface area (TPSA) is 39.9 Å². The van der Waals surface area contributed by atoms with Gasteiger partial charge in [0.25, 0.3) is 0 Å². The fraction of sp³-hybridized carbons (Fsp3) is 0.818. The molecule has 0 aliphatic carbocycles. The second kappa shape index (κ2) is 5.15. The number of alkyl halides is 1. The van der Waals surface area contributed by atoms with E-state index in [1.54, 1.807) is 0 Å². The molecule has 1 fully saturated rings. The minimum atomic E-state index is 0.103. The van der Waals surface area contributed by atoms with Crippen molar-refractivity contribution >= 4 is 11.6 Å². The van der Waals surface area contributed by atoms with E-state index < -0.39 is 0 Å². The van der Waals surface area contributed by atoms with Crippen molar-refractivity contribution in [2.24, 2.45) is 0 Å². The van der Waals surface area contributed by atoms with Crippen molar-refractivity contribution in [2.75, 3.05) is 0 Å². The highest BCUT2D eigenvalue weighted by atomic mass is 35.5. The molecule has 0 amide bonds. The molecule has 90 valence electrons. The summed E-state index contributed by atoms with van der Waals surface area (Å²) in [5.74, 6) is 2.21. The van der Waals surface area contributed by atoms with E-state index in [-0.39, 0.29) is 6.10 Å². The molecule has 0 aromatic carbocycles. The van der Waals surface area contributed by atoms with Gasteiger partial charge in [-0.1, -0.05) is 6.92 Å². The summed E-state index contributed by atoms with van der Waals surface area (Å²) in [6, 6.07) is 0. The molecule has 1 aromatic rings. The lowest BCUT2D eigenvalue weighted by atomic mass is 10.2. The summed E-state index contributed by atoms with van der Waals surface area (Å²) in [4.78, 5) is 0. The number of rotatable bonds is 4. The number of aromatic nitrogens is 3. The first-order valence-electron chi connectivity index (χ1n) is 5.89. The van der Waals surface area contributed by atoms with Crippen LogP contribution in [0.5, 0.6) is 0 Å². The van der Waals surface area contributed by atoms with Gasteiger partial charge in [0.05, 0.1) is 12.0 Å². The Kier molecular flexibility index (Phi) is 3.82. The number of halogens is 1. The van der Waals surface area contributed by atoms with Gasteiger partial charge >= 0.3 is 0 Å². The highest BCUT2D eigenvalue weighted by molar-refractivity contribution is 6.16. The molecule has 0 N–H and O–H groups in total. The van der Waals surface area contributed by atoms with Gasteiger partial charge in [0.2, 0.25) is 0 Å². The third-order valence-electron chi connectivity index (χ3n) is 2.94. The number of nitrogens with zero attached hydrogens (tertiary/aromatic N) is 3. The second-order valence-electron chi connectivity index (χ2n) is 4.27. The molecule has 16 heavy (non-hydrogen) atoms. The van der Waals surface area contributed by atoms with Crippen molar-refractivity contribution in [3.8, 4) is 0 Å². The summed E-state index contributed by atoms with van der Waals surface area (Å²) in [7, 11) is 0. The first-order valence-corrected chi connectivity index (χ1v) is 6.43. The molecule has 1 aliphatic heterocycles. The Morgan fingerprint density at radius 3 is 2.81 bits per heavy atom. The summed E-state index contributed by atoms with van der Waals surface area (Å²) in [5, 5.41) is 8.35. The van der Waals surface area contributed by atoms with Crippen LogP contribution < -0.4 is 0 Å². The van der Waals surface area contributed by atoms with Crippen LogP contribution in [0.15, 0.2) is 0 Å². The largest absolute Gasteiger partial charge is 0.367 e. The summed E-state index contributed by atoms with van der Waals surface area (Å²) in [6.07, 6.45) is 3.62. The molecule has 2 heterocycles. The molecule has 1 saturated heterocycles. The van der Waals surface area contributed by atoms with E-state index in [1.165, 1.54) is 0 Å². The molecule has 4 nitrogen and oxygen atoms in total. The fourth-order valence-electron chi connectivity index (χ4n) is 2.15. The summed E-state index contributed by atoms with van der Waals surface area (Å²) in [6.45, 7) is 5.15. The van der Waals surface area contributed by atoms with Crippen molar-refractivity contribution in [3.05, 3.63) is 11.6 Å². The van der Waals surface area contributed by atoms with E-state index in [0.717, 1.165) is 37.5 Å². The molecular formula is C11H18ClN3O. The Morgan fingerprint density at radius 2 is 2.25 bits per heavy atom. The Hall–Kier alpha value is -0.610. The van der Waals surface area contributed by atoms with Crippen LogP contribution in [0.2, 0.25) is 0 Å². The summed E-state index contributed by atoms with van der Waals surface area (Å²) < 4.78 is 7.93. The average Bonchev–Trinajstić information content (AvgIpc) is 2.85. The van der Waals surface area contributed by atoms with Crippen LogP contribution in [0, 0.1) is 0 Å². The van der Waals surface area contributed by atoms with Crippen molar-refractivity contribution in [1.82, 2.24) is 14.8 Å². The molecular weight excluding hydrogens is 226 g/mol. The zero-order valence-corrected chi connectivity index (χ0v) is 10.6. The molecule has 2 rings (SSSR count). The molecule has 0 spiro atoms. The Morgan fingerprint density at radius 1 is 1.44 bits per heavy atom. The van der Waals surface area contributed by atoms with Gasteiger partial charge in [0.15, 0.2) is 5.82 Å². The highest BCUT2D eigenvalue weighted by Crippen LogP contribution is 2.31. The fourth-order valence-corrected chi connectivity index (χ4v) is 2.34. The van der Waals surface area contributed by atoms with Gasteiger partial charge in [0, 0.05) is 6.54 Å². The Labute approximate surface area is 101 Å². The van der Waals surface area contributed by atoms with Crippen LogP contribution in [0.3, 0.4) is 0 Å². The van der Waals surface area contributed by atoms with Crippen LogP contribution in [0.1, 0.15) is 50.9 Å². The smallest absolute Gasteiger partial charge is 0.162 e. The van der Waals surface area contributed by atoms with Gasteiger partial charge in [-0.2, -0.15) is 0 Å². The molecule has 5 heteroatoms. The summed E-state index contributed by atoms with van der Waals surface area (Å²) >= 11 is 5.85. The van der Waals surface area contributed by atoms with Crippen LogP contribution in [0.25, 0.3) is 0 Å². The van der Waals surface area contributed by atoms with Crippen LogP contribution in [0.4, 0.5) is 0 Å². The number of hydrogen-bond acceptors (Lipinski definition) is 3. The van der Waals surface area contributed by atoms with E-state index in [2.05, 4.69) is 28.6 Å². The first kappa shape index (κ1) is 11.9. The van der Waals surface area contributed by atoms with Crippen molar-refractivity contribution < 1.29 is 4.74 Å². The Bertz CT molecular complexity index is 353. The van der Waals surface area contributed by atoms with E-state index >= 15 is 0 Å². The van der Waals surface area contributed by atoms with Crippen LogP contribution >= 0.6 is 11.6 Å². The predicted octanol–water partition coefficient (Wildman–Crippen LogP) is 2.67. The zero-order chi connectivity index (χ0) is 11.5. The minimum Gasteiger partial charge on any atom is -0.367 e. The van der Waals surface area contributed by atoms with Gasteiger partial charge in [-0.25, -0.2) is 0 Å². The molecule has 2 unspecified atom stereocenters. The predicted molar refractivity (Wildman–Crippen MR) is 62.4 cm³/mol. The monoisotopic (exact) mass is 243 g/mol. The van der Waals surface area contributed by atoms with Crippen molar-refractivity contribution in [1.29, 1.82) is 0 Å². The highest BCUT2D eigenvalue weighted by Gasteiger charge is 2.28. The standard InChI is InChI=1S/C11H18ClN3O/c1-3-6-15-10(7-12)13-14-11(15)9-5-4-8(2)16-9/h8-9H,3-7H2,1-2H3. The SMILES string of the molecule is CCCn1c(CCl)nnc1C1CCC(C)O1. The third-order valence-corrected chi connectivity index (χ3v) is 3.18. The molecule has 1 aliphatic rings. The van der Waals surface area contributed by atoms with E-state index in [1.807, 2.05) is 0 Å². The van der Waals surface area contributed by atoms with Crippen LogP contribution in [-0.2, 0) is 17.2 Å².